The predicted octanol–water partition coefficient (Wildman–Crippen LogP) is 5.64. The molecular weight excluding hydrogens is 448 g/mol. The Morgan fingerprint density at radius 3 is 2.53 bits per heavy atom. The number of carboxylic acid groups (broad SMARTS) is 1. The monoisotopic (exact) mass is 468 g/mol. The quantitative estimate of drug-likeness (QED) is 0.338. The van der Waals surface area contributed by atoms with Gasteiger partial charge in [-0.15, -0.1) is 11.3 Å². The minimum atomic E-state index is -1.12. The molecule has 0 atom stereocenters. The van der Waals surface area contributed by atoms with Gasteiger partial charge in [0.25, 0.3) is 5.56 Å². The van der Waals surface area contributed by atoms with E-state index < -0.39 is 5.97 Å². The first kappa shape index (κ1) is 22.0. The number of rotatable bonds is 8. The number of ether oxygens (including phenoxy) is 1. The molecule has 0 spiro atoms. The molecule has 4 aromatic rings. The molecule has 0 fully saturated rings. The highest BCUT2D eigenvalue weighted by Crippen LogP contribution is 2.26. The topological polar surface area (TPSA) is 81.4 Å². The van der Waals surface area contributed by atoms with Crippen LogP contribution in [0.15, 0.2) is 58.7 Å². The Morgan fingerprint density at radius 1 is 1.12 bits per heavy atom. The van der Waals surface area contributed by atoms with Crippen molar-refractivity contribution < 1.29 is 14.6 Å². The van der Waals surface area contributed by atoms with Crippen LogP contribution >= 0.6 is 22.9 Å². The predicted molar refractivity (Wildman–Crippen MR) is 127 cm³/mol. The third-order valence-electron chi connectivity index (χ3n) is 5.09. The number of halogens is 1. The standard InChI is InChI=1S/C24H21ClN2O4S/c1-15-4-6-16(7-5-15)21-26-22-20(19(14-32-22)24(29)30)23(28)27(21)12-2-3-13-31-18-10-8-17(25)9-11-18/h4-11,14H,2-3,12-13H2,1H3,(H,29,30). The highest BCUT2D eigenvalue weighted by atomic mass is 35.5. The van der Waals surface area contributed by atoms with Crippen molar-refractivity contribution in [3.8, 4) is 17.1 Å². The van der Waals surface area contributed by atoms with Gasteiger partial charge in [0.05, 0.1) is 17.6 Å². The largest absolute Gasteiger partial charge is 0.494 e. The molecule has 2 aromatic carbocycles. The number of unbranched alkanes of at least 4 members (excludes halogenated alkanes) is 1. The molecule has 0 radical (unpaired) electrons. The fraction of sp³-hybridized carbons (Fsp3) is 0.208. The van der Waals surface area contributed by atoms with E-state index >= 15 is 0 Å². The number of hydrogen-bond acceptors (Lipinski definition) is 5. The van der Waals surface area contributed by atoms with Gasteiger partial charge in [0, 0.05) is 22.5 Å². The molecule has 0 saturated carbocycles. The molecule has 164 valence electrons. The Morgan fingerprint density at radius 2 is 1.84 bits per heavy atom. The van der Waals surface area contributed by atoms with Crippen LogP contribution in [0.1, 0.15) is 28.8 Å². The lowest BCUT2D eigenvalue weighted by Gasteiger charge is -2.13. The number of benzene rings is 2. The van der Waals surface area contributed by atoms with Crippen molar-refractivity contribution in [1.29, 1.82) is 0 Å². The summed E-state index contributed by atoms with van der Waals surface area (Å²) in [6, 6.07) is 14.9. The molecule has 0 aliphatic heterocycles. The number of aromatic carboxylic acids is 1. The van der Waals surface area contributed by atoms with E-state index in [1.54, 1.807) is 16.7 Å². The van der Waals surface area contributed by atoms with Crippen molar-refractivity contribution in [3.05, 3.63) is 80.4 Å². The lowest BCUT2D eigenvalue weighted by atomic mass is 10.1. The van der Waals surface area contributed by atoms with Crippen molar-refractivity contribution in [2.75, 3.05) is 6.61 Å². The summed E-state index contributed by atoms with van der Waals surface area (Å²) in [5.41, 5.74) is 1.59. The number of carbonyl (C=O) groups is 1. The maximum absolute atomic E-state index is 13.3. The van der Waals surface area contributed by atoms with E-state index in [9.17, 15) is 14.7 Å². The average molecular weight is 469 g/mol. The van der Waals surface area contributed by atoms with Crippen LogP contribution in [0.5, 0.6) is 5.75 Å². The van der Waals surface area contributed by atoms with Crippen LogP contribution in [0.25, 0.3) is 21.6 Å². The summed E-state index contributed by atoms with van der Waals surface area (Å²) in [5.74, 6) is 0.153. The van der Waals surface area contributed by atoms with Gasteiger partial charge in [-0.2, -0.15) is 0 Å². The van der Waals surface area contributed by atoms with Gasteiger partial charge in [0.2, 0.25) is 0 Å². The van der Waals surface area contributed by atoms with Crippen LogP contribution in [-0.2, 0) is 6.54 Å². The van der Waals surface area contributed by atoms with E-state index in [4.69, 9.17) is 16.3 Å². The molecule has 6 nitrogen and oxygen atoms in total. The lowest BCUT2D eigenvalue weighted by Crippen LogP contribution is -2.24. The van der Waals surface area contributed by atoms with Crippen molar-refractivity contribution in [2.24, 2.45) is 0 Å². The van der Waals surface area contributed by atoms with Gasteiger partial charge in [0.15, 0.2) is 0 Å². The summed E-state index contributed by atoms with van der Waals surface area (Å²) in [6.07, 6.45) is 1.39. The summed E-state index contributed by atoms with van der Waals surface area (Å²) in [4.78, 5) is 30.0. The highest BCUT2D eigenvalue weighted by molar-refractivity contribution is 7.17. The fourth-order valence-electron chi connectivity index (χ4n) is 3.41. The van der Waals surface area contributed by atoms with Gasteiger partial charge < -0.3 is 9.84 Å². The Bertz CT molecular complexity index is 1310. The summed E-state index contributed by atoms with van der Waals surface area (Å²) < 4.78 is 7.31. The van der Waals surface area contributed by atoms with Gasteiger partial charge in [-0.05, 0) is 44.0 Å². The third-order valence-corrected chi connectivity index (χ3v) is 6.22. The first-order valence-electron chi connectivity index (χ1n) is 10.1. The SMILES string of the molecule is Cc1ccc(-c2nc3scc(C(=O)O)c3c(=O)n2CCCCOc2ccc(Cl)cc2)cc1. The first-order valence-corrected chi connectivity index (χ1v) is 11.4. The first-order chi connectivity index (χ1) is 15.4. The molecule has 0 amide bonds. The fourth-order valence-corrected chi connectivity index (χ4v) is 4.43. The van der Waals surface area contributed by atoms with Crippen molar-refractivity contribution in [2.45, 2.75) is 26.3 Å². The molecule has 0 aliphatic carbocycles. The molecule has 1 N–H and O–H groups in total. The molecule has 0 unspecified atom stereocenters. The van der Waals surface area contributed by atoms with Gasteiger partial charge in [-0.3, -0.25) is 9.36 Å². The van der Waals surface area contributed by atoms with Gasteiger partial charge >= 0.3 is 5.97 Å². The summed E-state index contributed by atoms with van der Waals surface area (Å²) >= 11 is 7.06. The molecule has 0 bridgehead atoms. The van der Waals surface area contributed by atoms with Crippen LogP contribution in [-0.4, -0.2) is 27.2 Å². The van der Waals surface area contributed by atoms with E-state index in [2.05, 4.69) is 4.98 Å². The molecule has 32 heavy (non-hydrogen) atoms. The summed E-state index contributed by atoms with van der Waals surface area (Å²) in [5, 5.41) is 11.8. The molecule has 8 heteroatoms. The molecule has 2 heterocycles. The summed E-state index contributed by atoms with van der Waals surface area (Å²) in [6.45, 7) is 2.89. The number of thiophene rings is 1. The minimum absolute atomic E-state index is 0.00206. The number of aryl methyl sites for hydroxylation is 1. The number of carboxylic acids is 1. The number of hydrogen-bond donors (Lipinski definition) is 1. The maximum Gasteiger partial charge on any atom is 0.337 e. The third kappa shape index (κ3) is 4.69. The van der Waals surface area contributed by atoms with Crippen LogP contribution in [0.3, 0.4) is 0 Å². The zero-order valence-corrected chi connectivity index (χ0v) is 18.9. The average Bonchev–Trinajstić information content (AvgIpc) is 3.21. The van der Waals surface area contributed by atoms with Gasteiger partial charge in [0.1, 0.15) is 16.4 Å². The van der Waals surface area contributed by atoms with Crippen molar-refractivity contribution >= 4 is 39.1 Å². The van der Waals surface area contributed by atoms with Crippen LogP contribution in [0.2, 0.25) is 5.02 Å². The van der Waals surface area contributed by atoms with Gasteiger partial charge in [-0.25, -0.2) is 9.78 Å². The second kappa shape index (κ2) is 9.54. The lowest BCUT2D eigenvalue weighted by molar-refractivity contribution is 0.0699. The molecule has 4 rings (SSSR count). The molecule has 2 aromatic heterocycles. The second-order valence-electron chi connectivity index (χ2n) is 7.40. The van der Waals surface area contributed by atoms with Crippen molar-refractivity contribution in [1.82, 2.24) is 9.55 Å². The Kier molecular flexibility index (Phi) is 6.58. The minimum Gasteiger partial charge on any atom is -0.494 e. The normalized spacial score (nSPS) is 11.1. The zero-order valence-electron chi connectivity index (χ0n) is 17.4. The molecule has 0 aliphatic rings. The van der Waals surface area contributed by atoms with Gasteiger partial charge in [-0.1, -0.05) is 41.4 Å². The van der Waals surface area contributed by atoms with Crippen LogP contribution < -0.4 is 10.3 Å². The van der Waals surface area contributed by atoms with E-state index in [-0.39, 0.29) is 16.5 Å². The number of nitrogens with zero attached hydrogens (tertiary/aromatic N) is 2. The van der Waals surface area contributed by atoms with Crippen molar-refractivity contribution in [3.63, 3.8) is 0 Å². The molecule has 0 saturated heterocycles. The number of fused-ring (bicyclic) bond motifs is 1. The smallest absolute Gasteiger partial charge is 0.337 e. The van der Waals surface area contributed by atoms with E-state index in [0.717, 1.165) is 23.3 Å². The van der Waals surface area contributed by atoms with E-state index in [1.165, 1.54) is 16.7 Å². The highest BCUT2D eigenvalue weighted by Gasteiger charge is 2.20. The summed E-state index contributed by atoms with van der Waals surface area (Å²) in [7, 11) is 0. The Labute approximate surface area is 193 Å². The van der Waals surface area contributed by atoms with Crippen LogP contribution in [0, 0.1) is 6.92 Å². The Hall–Kier alpha value is -3.16. The second-order valence-corrected chi connectivity index (χ2v) is 8.70. The van der Waals surface area contributed by atoms with Crippen LogP contribution in [0.4, 0.5) is 0 Å². The number of aromatic nitrogens is 2. The maximum atomic E-state index is 13.3. The zero-order chi connectivity index (χ0) is 22.7. The Balaban J connectivity index is 1.59. The van der Waals surface area contributed by atoms with E-state index in [0.29, 0.717) is 35.2 Å². The molecular formula is C24H21ClN2O4S. The van der Waals surface area contributed by atoms with E-state index in [1.807, 2.05) is 43.3 Å².